The molecule has 1 saturated heterocycles. The van der Waals surface area contributed by atoms with Crippen molar-refractivity contribution >= 4 is 23.3 Å². The molecule has 2 aromatic rings. The second-order valence-electron chi connectivity index (χ2n) is 7.79. The van der Waals surface area contributed by atoms with Gasteiger partial charge in [-0.1, -0.05) is 12.1 Å². The number of amides is 3. The Kier molecular flexibility index (Phi) is 6.08. The van der Waals surface area contributed by atoms with E-state index in [0.29, 0.717) is 54.4 Å². The lowest BCUT2D eigenvalue weighted by Crippen LogP contribution is -2.53. The molecule has 0 aliphatic carbocycles. The van der Waals surface area contributed by atoms with E-state index in [-0.39, 0.29) is 17.6 Å². The Labute approximate surface area is 190 Å². The topological polar surface area (TPSA) is 101 Å². The lowest BCUT2D eigenvalue weighted by Gasteiger charge is -2.37. The van der Waals surface area contributed by atoms with Crippen LogP contribution in [0.25, 0.3) is 0 Å². The van der Waals surface area contributed by atoms with Gasteiger partial charge in [0.15, 0.2) is 11.5 Å². The molecule has 0 saturated carbocycles. The highest BCUT2D eigenvalue weighted by Crippen LogP contribution is 2.40. The first-order chi connectivity index (χ1) is 15.9. The maximum Gasteiger partial charge on any atom is 0.321 e. The molecule has 4 rings (SSSR count). The zero-order valence-corrected chi connectivity index (χ0v) is 18.6. The Morgan fingerprint density at radius 2 is 1.76 bits per heavy atom. The fourth-order valence-electron chi connectivity index (χ4n) is 4.07. The third-order valence-corrected chi connectivity index (χ3v) is 5.78. The largest absolute Gasteiger partial charge is 0.493 e. The minimum absolute atomic E-state index is 0.213. The molecule has 9 nitrogen and oxygen atoms in total. The highest BCUT2D eigenvalue weighted by Gasteiger charge is 2.43. The number of methoxy groups -OCH3 is 3. The number of nitrogens with zero attached hydrogens (tertiary/aromatic N) is 2. The van der Waals surface area contributed by atoms with E-state index in [9.17, 15) is 14.0 Å². The van der Waals surface area contributed by atoms with Crippen LogP contribution in [0.15, 0.2) is 41.4 Å². The third-order valence-electron chi connectivity index (χ3n) is 5.78. The SMILES string of the molecule is COc1cc(NC(=O)N2CCC3(CC2)N=C(c2cccc(F)c2)C(=O)N3)cc(OC)c1OC. The average molecular weight is 456 g/mol. The molecule has 0 unspecified atom stereocenters. The number of likely N-dealkylation sites (tertiary alicyclic amines) is 1. The van der Waals surface area contributed by atoms with Crippen LogP contribution >= 0.6 is 0 Å². The van der Waals surface area contributed by atoms with E-state index in [1.165, 1.54) is 33.5 Å². The van der Waals surface area contributed by atoms with Crippen molar-refractivity contribution in [3.8, 4) is 17.2 Å². The molecule has 33 heavy (non-hydrogen) atoms. The number of aliphatic imine (C=N–C) groups is 1. The fourth-order valence-corrected chi connectivity index (χ4v) is 4.07. The van der Waals surface area contributed by atoms with Crippen LogP contribution in [-0.4, -0.2) is 62.6 Å². The van der Waals surface area contributed by atoms with Gasteiger partial charge in [-0.3, -0.25) is 9.79 Å². The number of halogens is 1. The summed E-state index contributed by atoms with van der Waals surface area (Å²) in [4.78, 5) is 31.6. The number of hydrogen-bond acceptors (Lipinski definition) is 6. The van der Waals surface area contributed by atoms with E-state index in [0.717, 1.165) is 0 Å². The molecule has 1 spiro atoms. The normalized spacial score (nSPS) is 16.8. The summed E-state index contributed by atoms with van der Waals surface area (Å²) in [6, 6.07) is 8.81. The number of carbonyl (C=O) groups is 2. The summed E-state index contributed by atoms with van der Waals surface area (Å²) in [5, 5.41) is 5.77. The minimum atomic E-state index is -0.790. The lowest BCUT2D eigenvalue weighted by atomic mass is 9.98. The monoisotopic (exact) mass is 456 g/mol. The van der Waals surface area contributed by atoms with Crippen molar-refractivity contribution in [2.45, 2.75) is 18.5 Å². The van der Waals surface area contributed by atoms with Crippen LogP contribution in [0.1, 0.15) is 18.4 Å². The van der Waals surface area contributed by atoms with Gasteiger partial charge in [0.05, 0.1) is 27.0 Å². The van der Waals surface area contributed by atoms with Crippen LogP contribution in [-0.2, 0) is 4.79 Å². The summed E-state index contributed by atoms with van der Waals surface area (Å²) in [5.74, 6) is 0.523. The van der Waals surface area contributed by atoms with E-state index in [2.05, 4.69) is 15.6 Å². The van der Waals surface area contributed by atoms with Crippen molar-refractivity contribution in [3.63, 3.8) is 0 Å². The number of benzene rings is 2. The number of urea groups is 1. The van der Waals surface area contributed by atoms with E-state index < -0.39 is 11.5 Å². The predicted octanol–water partition coefficient (Wildman–Crippen LogP) is 2.79. The predicted molar refractivity (Wildman–Crippen MR) is 120 cm³/mol. The number of ether oxygens (including phenoxy) is 3. The van der Waals surface area contributed by atoms with Gasteiger partial charge in [0.2, 0.25) is 5.75 Å². The van der Waals surface area contributed by atoms with Crippen molar-refractivity contribution in [2.24, 2.45) is 4.99 Å². The van der Waals surface area contributed by atoms with Crippen molar-refractivity contribution in [1.82, 2.24) is 10.2 Å². The lowest BCUT2D eigenvalue weighted by molar-refractivity contribution is -0.115. The average Bonchev–Trinajstić information content (AvgIpc) is 3.14. The maximum absolute atomic E-state index is 13.6. The van der Waals surface area contributed by atoms with Crippen molar-refractivity contribution in [1.29, 1.82) is 0 Å². The number of hydrogen-bond donors (Lipinski definition) is 2. The van der Waals surface area contributed by atoms with Gasteiger partial charge in [-0.25, -0.2) is 9.18 Å². The minimum Gasteiger partial charge on any atom is -0.493 e. The first-order valence-corrected chi connectivity index (χ1v) is 10.4. The molecule has 0 bridgehead atoms. The number of nitrogens with one attached hydrogen (secondary N) is 2. The Balaban J connectivity index is 1.44. The molecule has 3 amide bonds. The molecule has 2 heterocycles. The Morgan fingerprint density at radius 1 is 1.09 bits per heavy atom. The summed E-state index contributed by atoms with van der Waals surface area (Å²) < 4.78 is 29.5. The highest BCUT2D eigenvalue weighted by atomic mass is 19.1. The molecule has 10 heteroatoms. The van der Waals surface area contributed by atoms with Gasteiger partial charge in [0, 0.05) is 43.6 Å². The van der Waals surface area contributed by atoms with E-state index in [1.54, 1.807) is 29.2 Å². The fraction of sp³-hybridized carbons (Fsp3) is 0.348. The molecule has 174 valence electrons. The van der Waals surface area contributed by atoms with Crippen molar-refractivity contribution in [3.05, 3.63) is 47.8 Å². The van der Waals surface area contributed by atoms with E-state index in [1.807, 2.05) is 0 Å². The first kappa shape index (κ1) is 22.4. The second-order valence-corrected chi connectivity index (χ2v) is 7.79. The smallest absolute Gasteiger partial charge is 0.321 e. The molecule has 2 N–H and O–H groups in total. The highest BCUT2D eigenvalue weighted by molar-refractivity contribution is 6.46. The summed E-state index contributed by atoms with van der Waals surface area (Å²) in [6.45, 7) is 0.771. The van der Waals surface area contributed by atoms with Gasteiger partial charge in [-0.2, -0.15) is 0 Å². The van der Waals surface area contributed by atoms with Crippen molar-refractivity contribution in [2.75, 3.05) is 39.7 Å². The zero-order chi connectivity index (χ0) is 23.6. The van der Waals surface area contributed by atoms with Crippen LogP contribution in [0.5, 0.6) is 17.2 Å². The van der Waals surface area contributed by atoms with Crippen LogP contribution in [0.4, 0.5) is 14.9 Å². The third kappa shape index (κ3) is 4.41. The molecule has 0 atom stereocenters. The van der Waals surface area contributed by atoms with E-state index >= 15 is 0 Å². The van der Waals surface area contributed by atoms with Crippen molar-refractivity contribution < 1.29 is 28.2 Å². The summed E-state index contributed by atoms with van der Waals surface area (Å²) in [7, 11) is 4.51. The van der Waals surface area contributed by atoms with Gasteiger partial charge in [-0.05, 0) is 12.1 Å². The number of piperidine rings is 1. The molecule has 1 fully saturated rings. The zero-order valence-electron chi connectivity index (χ0n) is 18.6. The Morgan fingerprint density at radius 3 is 2.33 bits per heavy atom. The van der Waals surface area contributed by atoms with Gasteiger partial charge in [0.1, 0.15) is 17.2 Å². The number of carbonyl (C=O) groups excluding carboxylic acids is 2. The Hall–Kier alpha value is -3.82. The van der Waals surface area contributed by atoms with Crippen LogP contribution in [0.2, 0.25) is 0 Å². The van der Waals surface area contributed by atoms with Gasteiger partial charge >= 0.3 is 6.03 Å². The molecular weight excluding hydrogens is 431 g/mol. The quantitative estimate of drug-likeness (QED) is 0.721. The molecule has 2 aliphatic heterocycles. The number of rotatable bonds is 5. The standard InChI is InChI=1S/C23H25FN4O5/c1-31-17-12-16(13-18(32-2)20(17)33-3)25-22(30)28-9-7-23(8-10-28)26-19(21(29)27-23)14-5-4-6-15(24)11-14/h4-6,11-13H,7-10H2,1-3H3,(H,25,30)(H,27,29). The summed E-state index contributed by atoms with van der Waals surface area (Å²) in [5.41, 5.74) is 0.356. The maximum atomic E-state index is 13.6. The van der Waals surface area contributed by atoms with E-state index in [4.69, 9.17) is 14.2 Å². The van der Waals surface area contributed by atoms with Crippen LogP contribution in [0, 0.1) is 5.82 Å². The van der Waals surface area contributed by atoms with Crippen LogP contribution in [0.3, 0.4) is 0 Å². The van der Waals surface area contributed by atoms with Gasteiger partial charge < -0.3 is 29.7 Å². The molecule has 2 aromatic carbocycles. The second kappa shape index (κ2) is 8.97. The number of anilines is 1. The van der Waals surface area contributed by atoms with Gasteiger partial charge in [0.25, 0.3) is 5.91 Å². The molecular formula is C23H25FN4O5. The summed E-state index contributed by atoms with van der Waals surface area (Å²) >= 11 is 0. The first-order valence-electron chi connectivity index (χ1n) is 10.4. The summed E-state index contributed by atoms with van der Waals surface area (Å²) in [6.07, 6.45) is 0.889. The van der Waals surface area contributed by atoms with Crippen LogP contribution < -0.4 is 24.8 Å². The molecule has 2 aliphatic rings. The van der Waals surface area contributed by atoms with Gasteiger partial charge in [-0.15, -0.1) is 0 Å². The molecule has 0 aromatic heterocycles. The molecule has 0 radical (unpaired) electrons. The Bertz CT molecular complexity index is 1090.